The molecule has 0 fully saturated rings. The van der Waals surface area contributed by atoms with Gasteiger partial charge in [-0.15, -0.1) is 0 Å². The maximum Gasteiger partial charge on any atom is 0.145 e. The molecule has 9 rings (SSSR count). The Bertz CT molecular complexity index is 2470. The summed E-state index contributed by atoms with van der Waals surface area (Å²) < 4.78 is 4.79. The zero-order chi connectivity index (χ0) is 30.5. The second-order valence-corrected chi connectivity index (χ2v) is 11.6. The predicted octanol–water partition coefficient (Wildman–Crippen LogP) is 11.1. The number of aromatic nitrogens is 3. The molecule has 0 bridgehead atoms. The van der Waals surface area contributed by atoms with E-state index in [0.717, 1.165) is 44.9 Å². The molecule has 0 radical (unpaired) electrons. The Morgan fingerprint density at radius 1 is 0.348 bits per heavy atom. The molecule has 0 spiro atoms. The lowest BCUT2D eigenvalue weighted by Gasteiger charge is -2.21. The lowest BCUT2D eigenvalue weighted by molar-refractivity contribution is 1.10. The van der Waals surface area contributed by atoms with Gasteiger partial charge in [0.05, 0.1) is 33.4 Å². The fraction of sp³-hybridized carbons (Fsp3) is 0. The van der Waals surface area contributed by atoms with Crippen LogP contribution in [0.15, 0.2) is 176 Å². The highest BCUT2D eigenvalue weighted by Gasteiger charge is 2.23. The standard InChI is InChI=1S/C43H29N3/c1-3-16-30(17-4-1)32-23-15-24-36(42(32)45-38-26-11-7-20-33(38)34-21-8-12-27-39(34)45)35-22-9-13-28-40(35)46-41-29-14-10-25-37(41)44-43(46)31-18-5-2-6-19-31/h1-29H. The van der Waals surface area contributed by atoms with E-state index >= 15 is 0 Å². The van der Waals surface area contributed by atoms with Crippen molar-refractivity contribution in [3.8, 4) is 45.0 Å². The summed E-state index contributed by atoms with van der Waals surface area (Å²) in [7, 11) is 0. The Balaban J connectivity index is 1.41. The molecule has 46 heavy (non-hydrogen) atoms. The summed E-state index contributed by atoms with van der Waals surface area (Å²) in [6, 6.07) is 62.6. The van der Waals surface area contributed by atoms with Gasteiger partial charge in [-0.05, 0) is 35.9 Å². The van der Waals surface area contributed by atoms with Gasteiger partial charge in [0.1, 0.15) is 5.82 Å². The molecule has 0 unspecified atom stereocenters. The first-order valence-electron chi connectivity index (χ1n) is 15.7. The topological polar surface area (TPSA) is 22.8 Å². The largest absolute Gasteiger partial charge is 0.308 e. The third-order valence-electron chi connectivity index (χ3n) is 8.95. The van der Waals surface area contributed by atoms with Crippen molar-refractivity contribution in [2.24, 2.45) is 0 Å². The summed E-state index contributed by atoms with van der Waals surface area (Å²) in [5, 5.41) is 2.49. The van der Waals surface area contributed by atoms with Crippen LogP contribution in [0.4, 0.5) is 0 Å². The molecule has 9 aromatic rings. The van der Waals surface area contributed by atoms with E-state index in [1.165, 1.54) is 32.9 Å². The molecule has 0 saturated heterocycles. The molecule has 3 heteroatoms. The summed E-state index contributed by atoms with van der Waals surface area (Å²) in [6.45, 7) is 0. The molecular formula is C43H29N3. The van der Waals surface area contributed by atoms with Gasteiger partial charge in [0, 0.05) is 33.0 Å². The molecule has 3 nitrogen and oxygen atoms in total. The van der Waals surface area contributed by atoms with Crippen molar-refractivity contribution in [1.82, 2.24) is 14.1 Å². The number of imidazole rings is 1. The molecule has 216 valence electrons. The quantitative estimate of drug-likeness (QED) is 0.196. The van der Waals surface area contributed by atoms with Gasteiger partial charge in [-0.1, -0.05) is 146 Å². The molecule has 0 amide bonds. The molecule has 2 heterocycles. The first-order chi connectivity index (χ1) is 22.9. The van der Waals surface area contributed by atoms with E-state index in [9.17, 15) is 0 Å². The lowest BCUT2D eigenvalue weighted by Crippen LogP contribution is -2.04. The number of benzene rings is 7. The van der Waals surface area contributed by atoms with E-state index in [0.29, 0.717) is 0 Å². The highest BCUT2D eigenvalue weighted by atomic mass is 15.1. The molecule has 2 aromatic heterocycles. The van der Waals surface area contributed by atoms with Crippen molar-refractivity contribution < 1.29 is 0 Å². The summed E-state index contributed by atoms with van der Waals surface area (Å²) in [6.07, 6.45) is 0. The second-order valence-electron chi connectivity index (χ2n) is 11.6. The van der Waals surface area contributed by atoms with Crippen LogP contribution in [0, 0.1) is 0 Å². The maximum atomic E-state index is 5.17. The molecule has 0 saturated carbocycles. The van der Waals surface area contributed by atoms with Crippen LogP contribution in [-0.4, -0.2) is 14.1 Å². The van der Waals surface area contributed by atoms with Gasteiger partial charge in [-0.25, -0.2) is 4.98 Å². The zero-order valence-electron chi connectivity index (χ0n) is 25.1. The number of rotatable bonds is 5. The number of fused-ring (bicyclic) bond motifs is 4. The third kappa shape index (κ3) is 4.10. The predicted molar refractivity (Wildman–Crippen MR) is 192 cm³/mol. The number of para-hydroxylation sites is 6. The van der Waals surface area contributed by atoms with Gasteiger partial charge in [-0.2, -0.15) is 0 Å². The van der Waals surface area contributed by atoms with Crippen LogP contribution in [0.1, 0.15) is 0 Å². The molecule has 0 aliphatic carbocycles. The average molecular weight is 588 g/mol. The van der Waals surface area contributed by atoms with Crippen molar-refractivity contribution in [3.63, 3.8) is 0 Å². The Hall–Kier alpha value is -6.19. The van der Waals surface area contributed by atoms with Gasteiger partial charge in [0.25, 0.3) is 0 Å². The van der Waals surface area contributed by atoms with E-state index in [4.69, 9.17) is 4.98 Å². The smallest absolute Gasteiger partial charge is 0.145 e. The van der Waals surface area contributed by atoms with Crippen molar-refractivity contribution in [2.75, 3.05) is 0 Å². The molecule has 0 aliphatic heterocycles. The van der Waals surface area contributed by atoms with E-state index in [1.54, 1.807) is 0 Å². The van der Waals surface area contributed by atoms with Crippen molar-refractivity contribution in [3.05, 3.63) is 176 Å². The highest BCUT2D eigenvalue weighted by molar-refractivity contribution is 6.10. The lowest BCUT2D eigenvalue weighted by atomic mass is 9.94. The summed E-state index contributed by atoms with van der Waals surface area (Å²) in [5.41, 5.74) is 12.4. The van der Waals surface area contributed by atoms with Crippen LogP contribution in [0.3, 0.4) is 0 Å². The van der Waals surface area contributed by atoms with Gasteiger partial charge in [0.2, 0.25) is 0 Å². The van der Waals surface area contributed by atoms with Gasteiger partial charge >= 0.3 is 0 Å². The van der Waals surface area contributed by atoms with E-state index in [2.05, 4.69) is 185 Å². The summed E-state index contributed by atoms with van der Waals surface area (Å²) in [5.74, 6) is 0.923. The highest BCUT2D eigenvalue weighted by Crippen LogP contribution is 2.43. The molecule has 0 N–H and O–H groups in total. The van der Waals surface area contributed by atoms with Gasteiger partial charge in [0.15, 0.2) is 0 Å². The first kappa shape index (κ1) is 26.2. The second kappa shape index (κ2) is 10.8. The minimum absolute atomic E-state index is 0.923. The molecule has 7 aromatic carbocycles. The van der Waals surface area contributed by atoms with Crippen LogP contribution in [0.25, 0.3) is 77.9 Å². The molecule has 0 aliphatic rings. The van der Waals surface area contributed by atoms with E-state index < -0.39 is 0 Å². The summed E-state index contributed by atoms with van der Waals surface area (Å²) >= 11 is 0. The Morgan fingerprint density at radius 2 is 0.870 bits per heavy atom. The summed E-state index contributed by atoms with van der Waals surface area (Å²) in [4.78, 5) is 5.17. The molecular weight excluding hydrogens is 558 g/mol. The van der Waals surface area contributed by atoms with Gasteiger partial charge < -0.3 is 4.57 Å². The Kier molecular flexibility index (Phi) is 6.14. The van der Waals surface area contributed by atoms with Gasteiger partial charge in [-0.3, -0.25) is 4.57 Å². The van der Waals surface area contributed by atoms with Crippen molar-refractivity contribution in [1.29, 1.82) is 0 Å². The van der Waals surface area contributed by atoms with Crippen molar-refractivity contribution in [2.45, 2.75) is 0 Å². The monoisotopic (exact) mass is 587 g/mol. The maximum absolute atomic E-state index is 5.17. The third-order valence-corrected chi connectivity index (χ3v) is 8.95. The Morgan fingerprint density at radius 3 is 1.59 bits per heavy atom. The number of nitrogens with zero attached hydrogens (tertiary/aromatic N) is 3. The van der Waals surface area contributed by atoms with Crippen LogP contribution >= 0.6 is 0 Å². The normalized spacial score (nSPS) is 11.5. The van der Waals surface area contributed by atoms with Crippen LogP contribution in [-0.2, 0) is 0 Å². The SMILES string of the molecule is c1ccc(-c2cccc(-c3ccccc3-n3c(-c4ccccc4)nc4ccccc43)c2-n2c3ccccc3c3ccccc32)cc1. The Labute approximate surface area is 267 Å². The fourth-order valence-electron chi connectivity index (χ4n) is 6.96. The zero-order valence-corrected chi connectivity index (χ0v) is 25.1. The minimum Gasteiger partial charge on any atom is -0.308 e. The first-order valence-corrected chi connectivity index (χ1v) is 15.7. The van der Waals surface area contributed by atoms with Crippen LogP contribution in [0.2, 0.25) is 0 Å². The van der Waals surface area contributed by atoms with Crippen molar-refractivity contribution >= 4 is 32.8 Å². The number of hydrogen-bond donors (Lipinski definition) is 0. The average Bonchev–Trinajstić information content (AvgIpc) is 3.68. The minimum atomic E-state index is 0.923. The van der Waals surface area contributed by atoms with E-state index in [1.807, 2.05) is 0 Å². The van der Waals surface area contributed by atoms with Crippen LogP contribution in [0.5, 0.6) is 0 Å². The number of hydrogen-bond acceptors (Lipinski definition) is 1. The van der Waals surface area contributed by atoms with Crippen LogP contribution < -0.4 is 0 Å². The van der Waals surface area contributed by atoms with E-state index in [-0.39, 0.29) is 0 Å². The molecule has 0 atom stereocenters. The fourth-order valence-corrected chi connectivity index (χ4v) is 6.96.